The molecule has 2 aromatic rings. The molecular formula is C21H24ClN3O3. The predicted octanol–water partition coefficient (Wildman–Crippen LogP) is 3.49. The molecule has 3 rings (SSSR count). The molecule has 0 aliphatic carbocycles. The van der Waals surface area contributed by atoms with Crippen LogP contribution in [0.15, 0.2) is 59.7 Å². The number of halogens is 1. The fraction of sp³-hybridized carbons (Fsp3) is 0.333. The number of nitrogens with two attached hydrogens (primary N) is 1. The summed E-state index contributed by atoms with van der Waals surface area (Å²) in [6, 6.07) is 16.8. The molecule has 0 saturated heterocycles. The molecule has 1 unspecified atom stereocenters. The van der Waals surface area contributed by atoms with E-state index in [9.17, 15) is 4.79 Å². The molecule has 0 fully saturated rings. The Kier molecular flexibility index (Phi) is 6.34. The number of hydrogen-bond donors (Lipinski definition) is 1. The topological polar surface area (TPSA) is 77.1 Å². The Bertz CT molecular complexity index is 859. The van der Waals surface area contributed by atoms with Gasteiger partial charge in [-0.05, 0) is 38.1 Å². The average molecular weight is 402 g/mol. The number of amides is 1. The molecule has 1 amide bonds. The minimum atomic E-state index is -1.10. The van der Waals surface area contributed by atoms with Crippen molar-refractivity contribution in [1.29, 1.82) is 0 Å². The molecule has 1 heterocycles. The zero-order valence-corrected chi connectivity index (χ0v) is 16.7. The first-order valence-electron chi connectivity index (χ1n) is 9.18. The minimum absolute atomic E-state index is 0.291. The third-order valence-electron chi connectivity index (χ3n) is 4.72. The van der Waals surface area contributed by atoms with Crippen LogP contribution >= 0.6 is 11.6 Å². The number of ether oxygens (including phenoxy) is 2. The number of carbonyl (C=O) groups is 1. The van der Waals surface area contributed by atoms with Crippen molar-refractivity contribution in [3.8, 4) is 0 Å². The van der Waals surface area contributed by atoms with Gasteiger partial charge in [0.15, 0.2) is 0 Å². The highest BCUT2D eigenvalue weighted by molar-refractivity contribution is 6.31. The molecule has 2 atom stereocenters. The number of benzene rings is 2. The highest BCUT2D eigenvalue weighted by atomic mass is 35.5. The Balaban J connectivity index is 2.11. The second kappa shape index (κ2) is 8.73. The number of methoxy groups -OCH3 is 1. The van der Waals surface area contributed by atoms with E-state index in [0.717, 1.165) is 5.56 Å². The van der Waals surface area contributed by atoms with Gasteiger partial charge in [-0.2, -0.15) is 5.01 Å². The molecule has 28 heavy (non-hydrogen) atoms. The normalized spacial score (nSPS) is 19.9. The van der Waals surface area contributed by atoms with Crippen molar-refractivity contribution in [2.45, 2.75) is 31.6 Å². The number of rotatable bonds is 7. The van der Waals surface area contributed by atoms with Gasteiger partial charge in [0.2, 0.25) is 11.6 Å². The van der Waals surface area contributed by atoms with Crippen LogP contribution in [0.3, 0.4) is 0 Å². The Labute approximate surface area is 169 Å². The van der Waals surface area contributed by atoms with E-state index in [0.29, 0.717) is 35.9 Å². The molecule has 1 aliphatic heterocycles. The quantitative estimate of drug-likeness (QED) is 0.770. The van der Waals surface area contributed by atoms with Crippen molar-refractivity contribution >= 4 is 23.4 Å². The van der Waals surface area contributed by atoms with Gasteiger partial charge in [-0.3, -0.25) is 4.79 Å². The van der Waals surface area contributed by atoms with Crippen LogP contribution in [0.4, 0.5) is 0 Å². The number of nitrogens with zero attached hydrogens (tertiary/aromatic N) is 2. The van der Waals surface area contributed by atoms with Gasteiger partial charge in [0.25, 0.3) is 5.91 Å². The molecule has 0 radical (unpaired) electrons. The fourth-order valence-electron chi connectivity index (χ4n) is 3.16. The van der Waals surface area contributed by atoms with Crippen molar-refractivity contribution in [2.24, 2.45) is 10.8 Å². The van der Waals surface area contributed by atoms with Crippen molar-refractivity contribution < 1.29 is 14.3 Å². The van der Waals surface area contributed by atoms with Crippen LogP contribution in [0.1, 0.15) is 30.9 Å². The first-order valence-corrected chi connectivity index (χ1v) is 9.55. The highest BCUT2D eigenvalue weighted by Crippen LogP contribution is 2.41. The van der Waals surface area contributed by atoms with Gasteiger partial charge < -0.3 is 15.2 Å². The standard InChI is InChI=1S/C21H24ClN3O3/c1-15(27-2)20(26)25-21(12-7-13-23,17-9-4-3-5-10-17)28-19(24-25)16-8-6-11-18(22)14-16/h3-6,8-11,14-15H,7,12-13,23H2,1-2H3/t15-,21?/m0/s1. The second-order valence-corrected chi connectivity index (χ2v) is 7.02. The maximum absolute atomic E-state index is 13.1. The predicted molar refractivity (Wildman–Crippen MR) is 109 cm³/mol. The Morgan fingerprint density at radius 2 is 2.04 bits per heavy atom. The van der Waals surface area contributed by atoms with Gasteiger partial charge in [-0.1, -0.05) is 48.0 Å². The molecule has 2 aromatic carbocycles. The average Bonchev–Trinajstić information content (AvgIpc) is 3.12. The maximum Gasteiger partial charge on any atom is 0.275 e. The van der Waals surface area contributed by atoms with E-state index in [1.165, 1.54) is 12.1 Å². The highest BCUT2D eigenvalue weighted by Gasteiger charge is 2.50. The first-order chi connectivity index (χ1) is 13.5. The van der Waals surface area contributed by atoms with Gasteiger partial charge in [0.1, 0.15) is 6.10 Å². The Hall–Kier alpha value is -2.41. The van der Waals surface area contributed by atoms with Crippen LogP contribution in [0.25, 0.3) is 0 Å². The summed E-state index contributed by atoms with van der Waals surface area (Å²) < 4.78 is 11.6. The van der Waals surface area contributed by atoms with Gasteiger partial charge in [-0.25, -0.2) is 0 Å². The summed E-state index contributed by atoms with van der Waals surface area (Å²) in [6.45, 7) is 2.15. The lowest BCUT2D eigenvalue weighted by atomic mass is 9.96. The van der Waals surface area contributed by atoms with E-state index in [1.807, 2.05) is 42.5 Å². The molecular weight excluding hydrogens is 378 g/mol. The molecule has 6 nitrogen and oxygen atoms in total. The number of hydrogen-bond acceptors (Lipinski definition) is 5. The fourth-order valence-corrected chi connectivity index (χ4v) is 3.35. The summed E-state index contributed by atoms with van der Waals surface area (Å²) in [5, 5.41) is 6.50. The van der Waals surface area contributed by atoms with Crippen molar-refractivity contribution in [1.82, 2.24) is 5.01 Å². The van der Waals surface area contributed by atoms with Crippen LogP contribution in [-0.4, -0.2) is 36.6 Å². The molecule has 0 bridgehead atoms. The molecule has 1 aliphatic rings. The summed E-state index contributed by atoms with van der Waals surface area (Å²) >= 11 is 6.14. The van der Waals surface area contributed by atoms with Crippen molar-refractivity contribution in [3.05, 3.63) is 70.7 Å². The summed E-state index contributed by atoms with van der Waals surface area (Å²) in [5.41, 5.74) is 6.20. The van der Waals surface area contributed by atoms with E-state index in [-0.39, 0.29) is 5.91 Å². The molecule has 0 aromatic heterocycles. The van der Waals surface area contributed by atoms with E-state index >= 15 is 0 Å². The Morgan fingerprint density at radius 3 is 2.68 bits per heavy atom. The molecule has 0 saturated carbocycles. The number of hydrazone groups is 1. The third-order valence-corrected chi connectivity index (χ3v) is 4.96. The summed E-state index contributed by atoms with van der Waals surface area (Å²) in [7, 11) is 1.49. The lowest BCUT2D eigenvalue weighted by Gasteiger charge is -2.36. The molecule has 2 N–H and O–H groups in total. The molecule has 0 spiro atoms. The number of carbonyl (C=O) groups excluding carboxylic acids is 1. The molecule has 7 heteroatoms. The lowest BCUT2D eigenvalue weighted by molar-refractivity contribution is -0.162. The largest absolute Gasteiger partial charge is 0.443 e. The zero-order chi connectivity index (χ0) is 20.1. The van der Waals surface area contributed by atoms with Gasteiger partial charge in [-0.15, -0.1) is 5.10 Å². The van der Waals surface area contributed by atoms with Crippen LogP contribution in [0, 0.1) is 0 Å². The zero-order valence-electron chi connectivity index (χ0n) is 16.0. The maximum atomic E-state index is 13.1. The van der Waals surface area contributed by atoms with Crippen molar-refractivity contribution in [3.63, 3.8) is 0 Å². The van der Waals surface area contributed by atoms with Crippen molar-refractivity contribution in [2.75, 3.05) is 13.7 Å². The van der Waals surface area contributed by atoms with E-state index in [1.54, 1.807) is 19.1 Å². The van der Waals surface area contributed by atoms with E-state index in [4.69, 9.17) is 26.8 Å². The van der Waals surface area contributed by atoms with Crippen LogP contribution in [0.2, 0.25) is 5.02 Å². The summed E-state index contributed by atoms with van der Waals surface area (Å²) in [6.07, 6.45) is 0.466. The van der Waals surface area contributed by atoms with E-state index < -0.39 is 11.8 Å². The summed E-state index contributed by atoms with van der Waals surface area (Å²) in [4.78, 5) is 13.1. The monoisotopic (exact) mass is 401 g/mol. The Morgan fingerprint density at radius 1 is 1.29 bits per heavy atom. The summed E-state index contributed by atoms with van der Waals surface area (Å²) in [5.74, 6) is 0.0421. The van der Waals surface area contributed by atoms with Gasteiger partial charge in [0, 0.05) is 29.7 Å². The smallest absolute Gasteiger partial charge is 0.275 e. The van der Waals surface area contributed by atoms with Gasteiger partial charge >= 0.3 is 0 Å². The van der Waals surface area contributed by atoms with E-state index in [2.05, 4.69) is 5.10 Å². The lowest BCUT2D eigenvalue weighted by Crippen LogP contribution is -2.48. The second-order valence-electron chi connectivity index (χ2n) is 6.59. The van der Waals surface area contributed by atoms with Crippen LogP contribution < -0.4 is 5.73 Å². The van der Waals surface area contributed by atoms with Crippen LogP contribution in [0.5, 0.6) is 0 Å². The molecule has 148 valence electrons. The SMILES string of the molecule is CO[C@@H](C)C(=O)N1N=C(c2cccc(Cl)c2)OC1(CCCN)c1ccccc1. The van der Waals surface area contributed by atoms with Gasteiger partial charge in [0.05, 0.1) is 0 Å². The third kappa shape index (κ3) is 3.90. The minimum Gasteiger partial charge on any atom is -0.443 e. The van der Waals surface area contributed by atoms with Crippen LogP contribution in [-0.2, 0) is 20.0 Å². The first kappa shape index (κ1) is 20.3.